The van der Waals surface area contributed by atoms with E-state index in [1.807, 2.05) is 56.3 Å². The third kappa shape index (κ3) is 6.78. The van der Waals surface area contributed by atoms with Crippen molar-refractivity contribution in [1.82, 2.24) is 0 Å². The van der Waals surface area contributed by atoms with Gasteiger partial charge >= 0.3 is 0 Å². The molecule has 0 aliphatic carbocycles. The standard InChI is InChI=1S/C26H30N2O3/c1-4-20-8-13-22(14-9-20)27-17-21-10-15-24(25(16-21)30-5-2)31-18-26(29)28-23-11-6-19(3)7-12-23/h6-16,27H,4-5,17-18H2,1-3H3,(H,28,29). The van der Waals surface area contributed by atoms with Crippen LogP contribution in [0.1, 0.15) is 30.5 Å². The minimum atomic E-state index is -0.215. The van der Waals surface area contributed by atoms with Crippen LogP contribution in [0.5, 0.6) is 11.5 Å². The molecule has 0 unspecified atom stereocenters. The van der Waals surface area contributed by atoms with Crippen molar-refractivity contribution < 1.29 is 14.3 Å². The van der Waals surface area contributed by atoms with Gasteiger partial charge in [-0.2, -0.15) is 0 Å². The second kappa shape index (κ2) is 11.1. The zero-order chi connectivity index (χ0) is 22.1. The fourth-order valence-electron chi connectivity index (χ4n) is 3.09. The van der Waals surface area contributed by atoms with E-state index in [0.29, 0.717) is 24.7 Å². The maximum absolute atomic E-state index is 12.2. The molecule has 0 aliphatic heterocycles. The molecule has 0 fully saturated rings. The first-order chi connectivity index (χ1) is 15.1. The van der Waals surface area contributed by atoms with E-state index >= 15 is 0 Å². The predicted molar refractivity (Wildman–Crippen MR) is 126 cm³/mol. The third-order valence-corrected chi connectivity index (χ3v) is 4.86. The Kier molecular flexibility index (Phi) is 7.93. The molecule has 5 heteroatoms. The van der Waals surface area contributed by atoms with Crippen LogP contribution < -0.4 is 20.1 Å². The molecule has 0 atom stereocenters. The molecule has 3 aromatic rings. The highest BCUT2D eigenvalue weighted by atomic mass is 16.5. The summed E-state index contributed by atoms with van der Waals surface area (Å²) < 4.78 is 11.5. The van der Waals surface area contributed by atoms with Gasteiger partial charge in [0.2, 0.25) is 0 Å². The Morgan fingerprint density at radius 2 is 1.48 bits per heavy atom. The molecule has 0 saturated carbocycles. The molecular formula is C26H30N2O3. The Hall–Kier alpha value is -3.47. The Balaban J connectivity index is 1.58. The molecule has 0 radical (unpaired) electrons. The maximum atomic E-state index is 12.2. The van der Waals surface area contributed by atoms with Crippen LogP contribution in [0.15, 0.2) is 66.7 Å². The van der Waals surface area contributed by atoms with Crippen LogP contribution in [0.4, 0.5) is 11.4 Å². The van der Waals surface area contributed by atoms with Crippen LogP contribution in [0, 0.1) is 6.92 Å². The SMILES string of the molecule is CCOc1cc(CNc2ccc(CC)cc2)ccc1OCC(=O)Nc1ccc(C)cc1. The summed E-state index contributed by atoms with van der Waals surface area (Å²) in [5.74, 6) is 0.968. The van der Waals surface area contributed by atoms with Crippen molar-refractivity contribution in [3.63, 3.8) is 0 Å². The van der Waals surface area contributed by atoms with E-state index in [9.17, 15) is 4.79 Å². The van der Waals surface area contributed by atoms with Gasteiger partial charge in [0.1, 0.15) is 0 Å². The monoisotopic (exact) mass is 418 g/mol. The van der Waals surface area contributed by atoms with Gasteiger partial charge in [0.05, 0.1) is 6.61 Å². The summed E-state index contributed by atoms with van der Waals surface area (Å²) in [6, 6.07) is 21.9. The van der Waals surface area contributed by atoms with Crippen molar-refractivity contribution in [2.75, 3.05) is 23.8 Å². The molecule has 3 aromatic carbocycles. The molecule has 162 valence electrons. The lowest BCUT2D eigenvalue weighted by Gasteiger charge is -2.14. The van der Waals surface area contributed by atoms with E-state index in [1.165, 1.54) is 5.56 Å². The third-order valence-electron chi connectivity index (χ3n) is 4.86. The van der Waals surface area contributed by atoms with Gasteiger partial charge in [0, 0.05) is 17.9 Å². The van der Waals surface area contributed by atoms with Crippen molar-refractivity contribution in [3.05, 3.63) is 83.4 Å². The minimum absolute atomic E-state index is 0.0880. The first-order valence-electron chi connectivity index (χ1n) is 10.6. The number of ether oxygens (including phenoxy) is 2. The summed E-state index contributed by atoms with van der Waals surface area (Å²) >= 11 is 0. The smallest absolute Gasteiger partial charge is 0.262 e. The number of rotatable bonds is 10. The zero-order valence-electron chi connectivity index (χ0n) is 18.4. The molecule has 0 saturated heterocycles. The van der Waals surface area contributed by atoms with E-state index < -0.39 is 0 Å². The van der Waals surface area contributed by atoms with Crippen LogP contribution in [0.2, 0.25) is 0 Å². The van der Waals surface area contributed by atoms with Gasteiger partial charge in [-0.1, -0.05) is 42.8 Å². The van der Waals surface area contributed by atoms with E-state index in [0.717, 1.165) is 28.9 Å². The van der Waals surface area contributed by atoms with E-state index in [1.54, 1.807) is 0 Å². The Morgan fingerprint density at radius 1 is 0.806 bits per heavy atom. The molecule has 2 N–H and O–H groups in total. The molecule has 0 heterocycles. The molecule has 0 aliphatic rings. The summed E-state index contributed by atoms with van der Waals surface area (Å²) in [6.45, 7) is 7.17. The minimum Gasteiger partial charge on any atom is -0.490 e. The fraction of sp³-hybridized carbons (Fsp3) is 0.269. The quantitative estimate of drug-likeness (QED) is 0.451. The van der Waals surface area contributed by atoms with Crippen LogP contribution in [0.25, 0.3) is 0 Å². The number of benzene rings is 3. The summed E-state index contributed by atoms with van der Waals surface area (Å²) in [4.78, 5) is 12.2. The first kappa shape index (κ1) is 22.2. The van der Waals surface area contributed by atoms with Crippen molar-refractivity contribution >= 4 is 17.3 Å². The van der Waals surface area contributed by atoms with Gasteiger partial charge in [0.25, 0.3) is 5.91 Å². The Morgan fingerprint density at radius 3 is 2.16 bits per heavy atom. The van der Waals surface area contributed by atoms with E-state index in [2.05, 4.69) is 41.8 Å². The predicted octanol–water partition coefficient (Wildman–Crippen LogP) is 5.59. The summed E-state index contributed by atoms with van der Waals surface area (Å²) in [5.41, 5.74) is 5.35. The number of aryl methyl sites for hydroxylation is 2. The van der Waals surface area contributed by atoms with Crippen LogP contribution in [-0.4, -0.2) is 19.1 Å². The largest absolute Gasteiger partial charge is 0.490 e. The van der Waals surface area contributed by atoms with Crippen molar-refractivity contribution in [1.29, 1.82) is 0 Å². The topological polar surface area (TPSA) is 59.6 Å². The summed E-state index contributed by atoms with van der Waals surface area (Å²) in [7, 11) is 0. The highest BCUT2D eigenvalue weighted by Crippen LogP contribution is 2.29. The van der Waals surface area contributed by atoms with Gasteiger partial charge in [-0.25, -0.2) is 0 Å². The molecule has 1 amide bonds. The maximum Gasteiger partial charge on any atom is 0.262 e. The molecule has 0 spiro atoms. The zero-order valence-corrected chi connectivity index (χ0v) is 18.4. The van der Waals surface area contributed by atoms with Crippen LogP contribution >= 0.6 is 0 Å². The van der Waals surface area contributed by atoms with Crippen LogP contribution in [-0.2, 0) is 17.8 Å². The van der Waals surface area contributed by atoms with Crippen molar-refractivity contribution in [3.8, 4) is 11.5 Å². The number of nitrogens with one attached hydrogen (secondary N) is 2. The average Bonchev–Trinajstić information content (AvgIpc) is 2.79. The second-order valence-electron chi connectivity index (χ2n) is 7.32. The van der Waals surface area contributed by atoms with Gasteiger partial charge in [0.15, 0.2) is 18.1 Å². The molecule has 0 bridgehead atoms. The lowest BCUT2D eigenvalue weighted by atomic mass is 10.1. The normalized spacial score (nSPS) is 10.4. The highest BCUT2D eigenvalue weighted by molar-refractivity contribution is 5.91. The van der Waals surface area contributed by atoms with E-state index in [4.69, 9.17) is 9.47 Å². The highest BCUT2D eigenvalue weighted by Gasteiger charge is 2.10. The molecular weight excluding hydrogens is 388 g/mol. The molecule has 31 heavy (non-hydrogen) atoms. The lowest BCUT2D eigenvalue weighted by molar-refractivity contribution is -0.118. The van der Waals surface area contributed by atoms with Gasteiger partial charge in [-0.3, -0.25) is 4.79 Å². The van der Waals surface area contributed by atoms with Crippen LogP contribution in [0.3, 0.4) is 0 Å². The van der Waals surface area contributed by atoms with Gasteiger partial charge in [-0.05, 0) is 67.8 Å². The fourth-order valence-corrected chi connectivity index (χ4v) is 3.09. The average molecular weight is 419 g/mol. The summed E-state index contributed by atoms with van der Waals surface area (Å²) in [5, 5.41) is 6.26. The number of hydrogen-bond acceptors (Lipinski definition) is 4. The second-order valence-corrected chi connectivity index (χ2v) is 7.32. The van der Waals surface area contributed by atoms with Crippen molar-refractivity contribution in [2.24, 2.45) is 0 Å². The molecule has 3 rings (SSSR count). The number of carbonyl (C=O) groups excluding carboxylic acids is 1. The van der Waals surface area contributed by atoms with Gasteiger partial charge in [-0.15, -0.1) is 0 Å². The lowest BCUT2D eigenvalue weighted by Crippen LogP contribution is -2.20. The first-order valence-corrected chi connectivity index (χ1v) is 10.6. The summed E-state index contributed by atoms with van der Waals surface area (Å²) in [6.07, 6.45) is 1.03. The number of amides is 1. The Bertz CT molecular complexity index is 983. The number of hydrogen-bond donors (Lipinski definition) is 2. The van der Waals surface area contributed by atoms with Gasteiger partial charge < -0.3 is 20.1 Å². The van der Waals surface area contributed by atoms with Crippen molar-refractivity contribution in [2.45, 2.75) is 33.7 Å². The molecule has 5 nitrogen and oxygen atoms in total. The number of carbonyl (C=O) groups is 1. The molecule has 0 aromatic heterocycles. The van der Waals surface area contributed by atoms with E-state index in [-0.39, 0.29) is 12.5 Å². The number of anilines is 2. The Labute approximate surface area is 184 Å².